The summed E-state index contributed by atoms with van der Waals surface area (Å²) < 4.78 is 13.4. The van der Waals surface area contributed by atoms with Gasteiger partial charge in [0.05, 0.1) is 0 Å². The number of halogens is 1. The molecule has 0 atom stereocenters. The van der Waals surface area contributed by atoms with Gasteiger partial charge in [0.2, 0.25) is 0 Å². The van der Waals surface area contributed by atoms with Crippen LogP contribution in [-0.4, -0.2) is 13.1 Å². The Bertz CT molecular complexity index is 340. The monoisotopic (exact) mass is 207 g/mol. The van der Waals surface area contributed by atoms with Crippen LogP contribution in [0.25, 0.3) is 0 Å². The highest BCUT2D eigenvalue weighted by Crippen LogP contribution is 2.26. The largest absolute Gasteiger partial charge is 0.371 e. The third-order valence-electron chi connectivity index (χ3n) is 3.04. The van der Waals surface area contributed by atoms with Crippen molar-refractivity contribution in [1.82, 2.24) is 0 Å². The molecule has 1 heterocycles. The van der Waals surface area contributed by atoms with E-state index < -0.39 is 0 Å². The van der Waals surface area contributed by atoms with E-state index in [0.717, 1.165) is 24.3 Å². The van der Waals surface area contributed by atoms with Gasteiger partial charge in [-0.1, -0.05) is 13.8 Å². The van der Waals surface area contributed by atoms with E-state index in [0.29, 0.717) is 5.92 Å². The van der Waals surface area contributed by atoms with Gasteiger partial charge < -0.3 is 4.90 Å². The Morgan fingerprint density at radius 1 is 1.13 bits per heavy atom. The number of nitrogens with zero attached hydrogens (tertiary/aromatic N) is 1. The Morgan fingerprint density at radius 2 is 1.80 bits per heavy atom. The van der Waals surface area contributed by atoms with Crippen LogP contribution in [0.15, 0.2) is 18.2 Å². The van der Waals surface area contributed by atoms with E-state index in [-0.39, 0.29) is 5.82 Å². The third kappa shape index (κ3) is 2.31. The standard InChI is InChI=1S/C13H18FN/c1-10(2)11-7-12(14)9-13(8-11)15-5-3-4-6-15/h7-10H,3-6H2,1-2H3. The zero-order valence-electron chi connectivity index (χ0n) is 9.46. The Balaban J connectivity index is 2.30. The molecule has 0 bridgehead atoms. The van der Waals surface area contributed by atoms with Crippen molar-refractivity contribution in [2.75, 3.05) is 18.0 Å². The molecule has 1 fully saturated rings. The molecule has 2 heteroatoms. The fourth-order valence-electron chi connectivity index (χ4n) is 2.09. The number of benzene rings is 1. The van der Waals surface area contributed by atoms with Crippen molar-refractivity contribution in [2.45, 2.75) is 32.6 Å². The molecule has 0 amide bonds. The topological polar surface area (TPSA) is 3.24 Å². The Morgan fingerprint density at radius 3 is 2.40 bits per heavy atom. The Kier molecular flexibility index (Phi) is 2.94. The molecule has 0 N–H and O–H groups in total. The minimum atomic E-state index is -0.108. The van der Waals surface area contributed by atoms with Crippen LogP contribution in [-0.2, 0) is 0 Å². The predicted molar refractivity (Wildman–Crippen MR) is 61.9 cm³/mol. The van der Waals surface area contributed by atoms with Crippen molar-refractivity contribution in [3.8, 4) is 0 Å². The summed E-state index contributed by atoms with van der Waals surface area (Å²) in [4.78, 5) is 2.27. The normalized spacial score (nSPS) is 16.4. The van der Waals surface area contributed by atoms with Crippen molar-refractivity contribution in [1.29, 1.82) is 0 Å². The Labute approximate surface area is 90.9 Å². The van der Waals surface area contributed by atoms with E-state index in [1.807, 2.05) is 0 Å². The molecule has 15 heavy (non-hydrogen) atoms. The average molecular weight is 207 g/mol. The summed E-state index contributed by atoms with van der Waals surface area (Å²) in [6, 6.07) is 5.42. The van der Waals surface area contributed by atoms with Gasteiger partial charge in [-0.15, -0.1) is 0 Å². The van der Waals surface area contributed by atoms with Gasteiger partial charge in [-0.25, -0.2) is 4.39 Å². The van der Waals surface area contributed by atoms with Gasteiger partial charge in [0.25, 0.3) is 0 Å². The summed E-state index contributed by atoms with van der Waals surface area (Å²) in [5, 5.41) is 0. The molecular weight excluding hydrogens is 189 g/mol. The maximum Gasteiger partial charge on any atom is 0.125 e. The van der Waals surface area contributed by atoms with E-state index in [2.05, 4.69) is 24.8 Å². The lowest BCUT2D eigenvalue weighted by Crippen LogP contribution is -2.18. The summed E-state index contributed by atoms with van der Waals surface area (Å²) in [5.74, 6) is 0.283. The zero-order chi connectivity index (χ0) is 10.8. The predicted octanol–water partition coefficient (Wildman–Crippen LogP) is 3.55. The van der Waals surface area contributed by atoms with E-state index in [9.17, 15) is 4.39 Å². The SMILES string of the molecule is CC(C)c1cc(F)cc(N2CCCC2)c1. The summed E-state index contributed by atoms with van der Waals surface area (Å²) in [6.07, 6.45) is 2.46. The van der Waals surface area contributed by atoms with Crippen molar-refractivity contribution in [3.63, 3.8) is 0 Å². The van der Waals surface area contributed by atoms with Crippen LogP contribution >= 0.6 is 0 Å². The van der Waals surface area contributed by atoms with Crippen LogP contribution in [0, 0.1) is 5.82 Å². The van der Waals surface area contributed by atoms with Gasteiger partial charge in [0, 0.05) is 18.8 Å². The summed E-state index contributed by atoms with van der Waals surface area (Å²) in [7, 11) is 0. The second-order valence-electron chi connectivity index (χ2n) is 4.59. The molecule has 1 aliphatic heterocycles. The highest BCUT2D eigenvalue weighted by Gasteiger charge is 2.14. The molecule has 82 valence electrons. The van der Waals surface area contributed by atoms with Crippen molar-refractivity contribution < 1.29 is 4.39 Å². The first-order valence-corrected chi connectivity index (χ1v) is 5.72. The van der Waals surface area contributed by atoms with Gasteiger partial charge in [-0.3, -0.25) is 0 Å². The molecule has 0 spiro atoms. The minimum Gasteiger partial charge on any atom is -0.371 e. The molecule has 1 aliphatic rings. The number of anilines is 1. The van der Waals surface area contributed by atoms with Crippen molar-refractivity contribution >= 4 is 5.69 Å². The molecular formula is C13H18FN. The Hall–Kier alpha value is -1.05. The molecule has 0 aliphatic carbocycles. The minimum absolute atomic E-state index is 0.108. The fraction of sp³-hybridized carbons (Fsp3) is 0.538. The van der Waals surface area contributed by atoms with Crippen LogP contribution < -0.4 is 4.90 Å². The number of hydrogen-bond donors (Lipinski definition) is 0. The molecule has 2 rings (SSSR count). The first-order valence-electron chi connectivity index (χ1n) is 5.72. The second-order valence-corrected chi connectivity index (χ2v) is 4.59. The molecule has 1 aromatic carbocycles. The fourth-order valence-corrected chi connectivity index (χ4v) is 2.09. The van der Waals surface area contributed by atoms with Crippen molar-refractivity contribution in [3.05, 3.63) is 29.6 Å². The van der Waals surface area contributed by atoms with Crippen LogP contribution in [0.2, 0.25) is 0 Å². The van der Waals surface area contributed by atoms with E-state index in [1.165, 1.54) is 12.8 Å². The van der Waals surface area contributed by atoms with E-state index in [4.69, 9.17) is 0 Å². The van der Waals surface area contributed by atoms with Crippen LogP contribution in [0.1, 0.15) is 38.2 Å². The molecule has 1 saturated heterocycles. The van der Waals surface area contributed by atoms with Crippen LogP contribution in [0.3, 0.4) is 0 Å². The molecule has 0 unspecified atom stereocenters. The first-order chi connectivity index (χ1) is 7.16. The smallest absolute Gasteiger partial charge is 0.125 e. The van der Waals surface area contributed by atoms with Gasteiger partial charge in [0.15, 0.2) is 0 Å². The van der Waals surface area contributed by atoms with Gasteiger partial charge >= 0.3 is 0 Å². The van der Waals surface area contributed by atoms with Gasteiger partial charge in [-0.05, 0) is 42.5 Å². The van der Waals surface area contributed by atoms with E-state index >= 15 is 0 Å². The second kappa shape index (κ2) is 4.21. The summed E-state index contributed by atoms with van der Waals surface area (Å²) >= 11 is 0. The van der Waals surface area contributed by atoms with Crippen molar-refractivity contribution in [2.24, 2.45) is 0 Å². The summed E-state index contributed by atoms with van der Waals surface area (Å²) in [5.41, 5.74) is 2.15. The lowest BCUT2D eigenvalue weighted by molar-refractivity contribution is 0.622. The third-order valence-corrected chi connectivity index (χ3v) is 3.04. The molecule has 1 aromatic rings. The maximum absolute atomic E-state index is 13.4. The number of hydrogen-bond acceptors (Lipinski definition) is 1. The maximum atomic E-state index is 13.4. The van der Waals surface area contributed by atoms with Crippen LogP contribution in [0.5, 0.6) is 0 Å². The highest BCUT2D eigenvalue weighted by molar-refractivity contribution is 5.50. The average Bonchev–Trinajstić information content (AvgIpc) is 2.69. The van der Waals surface area contributed by atoms with Gasteiger partial charge in [-0.2, -0.15) is 0 Å². The van der Waals surface area contributed by atoms with Gasteiger partial charge in [0.1, 0.15) is 5.82 Å². The quantitative estimate of drug-likeness (QED) is 0.717. The molecule has 0 aromatic heterocycles. The molecule has 0 radical (unpaired) electrons. The lowest BCUT2D eigenvalue weighted by atomic mass is 10.0. The highest BCUT2D eigenvalue weighted by atomic mass is 19.1. The van der Waals surface area contributed by atoms with Crippen LogP contribution in [0.4, 0.5) is 10.1 Å². The first kappa shape index (κ1) is 10.5. The zero-order valence-corrected chi connectivity index (χ0v) is 9.46. The summed E-state index contributed by atoms with van der Waals surface area (Å²) in [6.45, 7) is 6.34. The number of rotatable bonds is 2. The van der Waals surface area contributed by atoms with E-state index in [1.54, 1.807) is 12.1 Å². The lowest BCUT2D eigenvalue weighted by Gasteiger charge is -2.19. The molecule has 1 nitrogen and oxygen atoms in total. The molecule has 0 saturated carbocycles.